The van der Waals surface area contributed by atoms with Crippen LogP contribution >= 0.6 is 0 Å². The van der Waals surface area contributed by atoms with E-state index < -0.39 is 17.8 Å². The van der Waals surface area contributed by atoms with E-state index in [1.807, 2.05) is 0 Å². The van der Waals surface area contributed by atoms with Crippen LogP contribution in [0.1, 0.15) is 32.4 Å². The van der Waals surface area contributed by atoms with Gasteiger partial charge in [0.15, 0.2) is 0 Å². The normalized spacial score (nSPS) is 11.7. The molecule has 108 valence electrons. The Kier molecular flexibility index (Phi) is 4.79. The summed E-state index contributed by atoms with van der Waals surface area (Å²) < 4.78 is 13.5. The molecule has 0 spiro atoms. The molecule has 2 rings (SSSR count). The number of aliphatic hydroxyl groups excluding tert-OH is 1. The SMILES string of the molecule is O=Cc1ccc(C(=O)NCC(O)c2ccccc2F)cc1. The van der Waals surface area contributed by atoms with Crippen LogP contribution < -0.4 is 5.32 Å². The zero-order valence-corrected chi connectivity index (χ0v) is 11.1. The summed E-state index contributed by atoms with van der Waals surface area (Å²) in [6, 6.07) is 11.9. The van der Waals surface area contributed by atoms with Crippen molar-refractivity contribution in [3.05, 3.63) is 71.0 Å². The van der Waals surface area contributed by atoms with Gasteiger partial charge in [0.2, 0.25) is 0 Å². The Morgan fingerprint density at radius 1 is 1.19 bits per heavy atom. The maximum Gasteiger partial charge on any atom is 0.251 e. The van der Waals surface area contributed by atoms with E-state index in [1.54, 1.807) is 6.07 Å². The van der Waals surface area contributed by atoms with E-state index in [-0.39, 0.29) is 12.1 Å². The lowest BCUT2D eigenvalue weighted by atomic mass is 10.1. The molecule has 2 aromatic carbocycles. The molecule has 2 N–H and O–H groups in total. The van der Waals surface area contributed by atoms with Crippen molar-refractivity contribution in [2.45, 2.75) is 6.10 Å². The number of hydrogen-bond donors (Lipinski definition) is 2. The van der Waals surface area contributed by atoms with E-state index in [0.717, 1.165) is 0 Å². The van der Waals surface area contributed by atoms with Gasteiger partial charge in [-0.2, -0.15) is 0 Å². The molecular weight excluding hydrogens is 273 g/mol. The fraction of sp³-hybridized carbons (Fsp3) is 0.125. The van der Waals surface area contributed by atoms with Crippen LogP contribution in [-0.4, -0.2) is 23.8 Å². The lowest BCUT2D eigenvalue weighted by Gasteiger charge is -2.13. The third kappa shape index (κ3) is 3.73. The number of carbonyl (C=O) groups excluding carboxylic acids is 2. The quantitative estimate of drug-likeness (QED) is 0.828. The highest BCUT2D eigenvalue weighted by Crippen LogP contribution is 2.15. The summed E-state index contributed by atoms with van der Waals surface area (Å²) in [6.07, 6.45) is -0.437. The van der Waals surface area contributed by atoms with Gasteiger partial charge in [-0.1, -0.05) is 30.3 Å². The van der Waals surface area contributed by atoms with E-state index in [0.29, 0.717) is 17.4 Å². The van der Waals surface area contributed by atoms with Crippen molar-refractivity contribution < 1.29 is 19.1 Å². The van der Waals surface area contributed by atoms with Gasteiger partial charge in [0.25, 0.3) is 5.91 Å². The van der Waals surface area contributed by atoms with Crippen molar-refractivity contribution >= 4 is 12.2 Å². The first-order chi connectivity index (χ1) is 10.1. The Morgan fingerprint density at radius 3 is 2.48 bits per heavy atom. The summed E-state index contributed by atoms with van der Waals surface area (Å²) in [4.78, 5) is 22.4. The molecule has 0 bridgehead atoms. The Labute approximate surface area is 121 Å². The Bertz CT molecular complexity index is 640. The number of aliphatic hydroxyl groups is 1. The van der Waals surface area contributed by atoms with Crippen molar-refractivity contribution in [3.8, 4) is 0 Å². The van der Waals surface area contributed by atoms with E-state index in [4.69, 9.17) is 0 Å². The van der Waals surface area contributed by atoms with E-state index in [1.165, 1.54) is 42.5 Å². The molecule has 21 heavy (non-hydrogen) atoms. The van der Waals surface area contributed by atoms with Crippen LogP contribution in [0.4, 0.5) is 4.39 Å². The molecule has 0 saturated heterocycles. The van der Waals surface area contributed by atoms with Gasteiger partial charge in [-0.3, -0.25) is 9.59 Å². The molecule has 0 radical (unpaired) electrons. The Balaban J connectivity index is 1.97. The van der Waals surface area contributed by atoms with Crippen LogP contribution in [0.25, 0.3) is 0 Å². The first-order valence-corrected chi connectivity index (χ1v) is 6.37. The largest absolute Gasteiger partial charge is 0.386 e. The fourth-order valence-corrected chi connectivity index (χ4v) is 1.86. The van der Waals surface area contributed by atoms with E-state index in [9.17, 15) is 19.1 Å². The molecule has 1 amide bonds. The van der Waals surface area contributed by atoms with Crippen LogP contribution in [0.15, 0.2) is 48.5 Å². The van der Waals surface area contributed by atoms with Gasteiger partial charge in [0.05, 0.1) is 6.10 Å². The van der Waals surface area contributed by atoms with E-state index in [2.05, 4.69) is 5.32 Å². The monoisotopic (exact) mass is 287 g/mol. The number of carbonyl (C=O) groups is 2. The number of aldehydes is 1. The second-order valence-electron chi connectivity index (χ2n) is 4.49. The number of amides is 1. The van der Waals surface area contributed by atoms with Crippen molar-refractivity contribution in [2.75, 3.05) is 6.54 Å². The van der Waals surface area contributed by atoms with E-state index >= 15 is 0 Å². The molecule has 4 nitrogen and oxygen atoms in total. The fourth-order valence-electron chi connectivity index (χ4n) is 1.86. The minimum Gasteiger partial charge on any atom is -0.386 e. The number of benzene rings is 2. The number of hydrogen-bond acceptors (Lipinski definition) is 3. The molecular formula is C16H14FNO3. The minimum atomic E-state index is -1.12. The lowest BCUT2D eigenvalue weighted by Crippen LogP contribution is -2.28. The van der Waals surface area contributed by atoms with Gasteiger partial charge in [-0.15, -0.1) is 0 Å². The lowest BCUT2D eigenvalue weighted by molar-refractivity contribution is 0.0913. The predicted molar refractivity (Wildman–Crippen MR) is 75.5 cm³/mol. The summed E-state index contributed by atoms with van der Waals surface area (Å²) in [5, 5.41) is 12.4. The van der Waals surface area contributed by atoms with Gasteiger partial charge in [-0.05, 0) is 18.2 Å². The van der Waals surface area contributed by atoms with Crippen molar-refractivity contribution in [2.24, 2.45) is 0 Å². The third-order valence-corrected chi connectivity index (χ3v) is 3.03. The second-order valence-corrected chi connectivity index (χ2v) is 4.49. The van der Waals surface area contributed by atoms with Gasteiger partial charge >= 0.3 is 0 Å². The molecule has 0 aliphatic rings. The van der Waals surface area contributed by atoms with Crippen molar-refractivity contribution in [1.29, 1.82) is 0 Å². The average Bonchev–Trinajstić information content (AvgIpc) is 2.52. The van der Waals surface area contributed by atoms with Crippen LogP contribution in [0, 0.1) is 5.82 Å². The predicted octanol–water partition coefficient (Wildman–Crippen LogP) is 2.10. The Hall–Kier alpha value is -2.53. The van der Waals surface area contributed by atoms with Crippen LogP contribution in [0.3, 0.4) is 0 Å². The van der Waals surface area contributed by atoms with Gasteiger partial charge in [0, 0.05) is 23.2 Å². The Morgan fingerprint density at radius 2 is 1.86 bits per heavy atom. The van der Waals surface area contributed by atoms with Gasteiger partial charge in [0.1, 0.15) is 12.1 Å². The molecule has 0 heterocycles. The second kappa shape index (κ2) is 6.76. The minimum absolute atomic E-state index is 0.102. The maximum absolute atomic E-state index is 13.5. The number of nitrogens with one attached hydrogen (secondary N) is 1. The highest BCUT2D eigenvalue weighted by molar-refractivity contribution is 5.94. The molecule has 2 aromatic rings. The van der Waals surface area contributed by atoms with Gasteiger partial charge in [-0.25, -0.2) is 4.39 Å². The number of halogens is 1. The number of rotatable bonds is 5. The summed E-state index contributed by atoms with van der Waals surface area (Å²) in [5.41, 5.74) is 0.966. The molecule has 5 heteroatoms. The average molecular weight is 287 g/mol. The molecule has 0 fully saturated rings. The highest BCUT2D eigenvalue weighted by Gasteiger charge is 2.14. The van der Waals surface area contributed by atoms with Gasteiger partial charge < -0.3 is 10.4 Å². The molecule has 1 unspecified atom stereocenters. The van der Waals surface area contributed by atoms with Crippen LogP contribution in [-0.2, 0) is 0 Å². The summed E-state index contributed by atoms with van der Waals surface area (Å²) in [5.74, 6) is -0.919. The summed E-state index contributed by atoms with van der Waals surface area (Å²) in [7, 11) is 0. The smallest absolute Gasteiger partial charge is 0.251 e. The highest BCUT2D eigenvalue weighted by atomic mass is 19.1. The topological polar surface area (TPSA) is 66.4 Å². The molecule has 0 aliphatic carbocycles. The maximum atomic E-state index is 13.5. The standard InChI is InChI=1S/C16H14FNO3/c17-14-4-2-1-3-13(14)15(20)9-18-16(21)12-7-5-11(10-19)6-8-12/h1-8,10,15,20H,9H2,(H,18,21). The summed E-state index contributed by atoms with van der Waals surface area (Å²) >= 11 is 0. The molecule has 0 saturated carbocycles. The first kappa shape index (κ1) is 14.9. The molecule has 0 aromatic heterocycles. The zero-order valence-electron chi connectivity index (χ0n) is 11.1. The third-order valence-electron chi connectivity index (χ3n) is 3.03. The van der Waals surface area contributed by atoms with Crippen LogP contribution in [0.2, 0.25) is 0 Å². The van der Waals surface area contributed by atoms with Crippen molar-refractivity contribution in [1.82, 2.24) is 5.32 Å². The first-order valence-electron chi connectivity index (χ1n) is 6.37. The molecule has 0 aliphatic heterocycles. The van der Waals surface area contributed by atoms with Crippen LogP contribution in [0.5, 0.6) is 0 Å². The summed E-state index contributed by atoms with van der Waals surface area (Å²) in [6.45, 7) is -0.102. The van der Waals surface area contributed by atoms with Crippen molar-refractivity contribution in [3.63, 3.8) is 0 Å². The zero-order chi connectivity index (χ0) is 15.2. The molecule has 1 atom stereocenters.